The second-order valence-electron chi connectivity index (χ2n) is 8.46. The number of pyridine rings is 1. The Morgan fingerprint density at radius 2 is 2.00 bits per heavy atom. The first kappa shape index (κ1) is 20.6. The first-order valence-corrected chi connectivity index (χ1v) is 11.9. The average molecular weight is 379 g/mol. The topological polar surface area (TPSA) is 68.7 Å². The second kappa shape index (κ2) is 7.48. The van der Waals surface area contributed by atoms with Gasteiger partial charge in [-0.1, -0.05) is 33.8 Å². The molecule has 0 unspecified atom stereocenters. The van der Waals surface area contributed by atoms with Crippen LogP contribution in [0, 0.1) is 5.92 Å². The smallest absolute Gasteiger partial charge is 0.328 e. The monoisotopic (exact) mass is 378 g/mol. The third kappa shape index (κ3) is 3.99. The maximum absolute atomic E-state index is 13.0. The van der Waals surface area contributed by atoms with E-state index in [1.165, 1.54) is 12.0 Å². The van der Waals surface area contributed by atoms with Gasteiger partial charge in [-0.3, -0.25) is 9.78 Å². The van der Waals surface area contributed by atoms with Crippen molar-refractivity contribution in [3.05, 3.63) is 29.6 Å². The summed E-state index contributed by atoms with van der Waals surface area (Å²) in [6, 6.07) is 3.13. The molecule has 1 fully saturated rings. The summed E-state index contributed by atoms with van der Waals surface area (Å²) < 4.78 is 11.1. The van der Waals surface area contributed by atoms with Crippen LogP contribution in [0.15, 0.2) is 18.3 Å². The summed E-state index contributed by atoms with van der Waals surface area (Å²) in [6.45, 7) is 13.7. The predicted octanol–water partition coefficient (Wildman–Crippen LogP) is 3.24. The molecule has 1 aliphatic rings. The fourth-order valence-corrected chi connectivity index (χ4v) is 3.69. The number of hydrogen-bond acceptors (Lipinski definition) is 5. The molecule has 1 amide bonds. The van der Waals surface area contributed by atoms with Crippen LogP contribution in [0.5, 0.6) is 0 Å². The Kier molecular flexibility index (Phi) is 5.92. The van der Waals surface area contributed by atoms with Gasteiger partial charge in [0, 0.05) is 24.2 Å². The quantitative estimate of drug-likeness (QED) is 0.581. The van der Waals surface area contributed by atoms with E-state index in [9.17, 15) is 9.59 Å². The minimum absolute atomic E-state index is 0.0852. The normalized spacial score (nSPS) is 20.5. The standard InChI is InChI=1S/C19H30N2O4Si/c1-13-11-21(16(13)18(23)24-5)17(22)15-14(9-8-10-20-15)12-25-26(6,7)19(2,3)4/h8-10,13,16H,11-12H2,1-7H3/t13-,16-/m1/s1. The van der Waals surface area contributed by atoms with Crippen LogP contribution in [0.3, 0.4) is 0 Å². The highest BCUT2D eigenvalue weighted by Gasteiger charge is 2.45. The number of ether oxygens (including phenoxy) is 1. The molecule has 0 spiro atoms. The van der Waals surface area contributed by atoms with Crippen molar-refractivity contribution in [3.8, 4) is 0 Å². The van der Waals surface area contributed by atoms with Crippen LogP contribution in [0.2, 0.25) is 18.1 Å². The van der Waals surface area contributed by atoms with E-state index in [-0.39, 0.29) is 22.8 Å². The van der Waals surface area contributed by atoms with Crippen molar-refractivity contribution >= 4 is 20.2 Å². The number of hydrogen-bond donors (Lipinski definition) is 0. The second-order valence-corrected chi connectivity index (χ2v) is 13.3. The minimum Gasteiger partial charge on any atom is -0.467 e. The van der Waals surface area contributed by atoms with E-state index in [1.54, 1.807) is 12.3 Å². The lowest BCUT2D eigenvalue weighted by atomic mass is 9.89. The van der Waals surface area contributed by atoms with E-state index in [0.29, 0.717) is 18.8 Å². The maximum Gasteiger partial charge on any atom is 0.328 e. The Morgan fingerprint density at radius 3 is 2.54 bits per heavy atom. The molecule has 7 heteroatoms. The molecule has 1 aromatic heterocycles. The zero-order valence-electron chi connectivity index (χ0n) is 16.8. The fourth-order valence-electron chi connectivity index (χ4n) is 2.74. The molecule has 0 bridgehead atoms. The lowest BCUT2D eigenvalue weighted by Crippen LogP contribution is -2.61. The van der Waals surface area contributed by atoms with Crippen LogP contribution in [-0.4, -0.2) is 49.8 Å². The van der Waals surface area contributed by atoms with E-state index in [1.807, 2.05) is 13.0 Å². The average Bonchev–Trinajstić information content (AvgIpc) is 2.56. The molecule has 6 nitrogen and oxygen atoms in total. The summed E-state index contributed by atoms with van der Waals surface area (Å²) in [7, 11) is -0.599. The van der Waals surface area contributed by atoms with Crippen LogP contribution >= 0.6 is 0 Å². The molecule has 144 valence electrons. The van der Waals surface area contributed by atoms with Crippen molar-refractivity contribution in [1.82, 2.24) is 9.88 Å². The summed E-state index contributed by atoms with van der Waals surface area (Å²) in [6.07, 6.45) is 1.60. The van der Waals surface area contributed by atoms with Gasteiger partial charge in [-0.2, -0.15) is 0 Å². The fraction of sp³-hybridized carbons (Fsp3) is 0.632. The van der Waals surface area contributed by atoms with Gasteiger partial charge in [0.1, 0.15) is 11.7 Å². The highest BCUT2D eigenvalue weighted by molar-refractivity contribution is 6.74. The highest BCUT2D eigenvalue weighted by atomic mass is 28.4. The molecule has 1 aliphatic heterocycles. The number of aromatic nitrogens is 1. The molecule has 0 radical (unpaired) electrons. The van der Waals surface area contributed by atoms with Gasteiger partial charge in [0.05, 0.1) is 13.7 Å². The van der Waals surface area contributed by atoms with Gasteiger partial charge in [0.2, 0.25) is 0 Å². The van der Waals surface area contributed by atoms with Gasteiger partial charge in [-0.15, -0.1) is 0 Å². The van der Waals surface area contributed by atoms with Gasteiger partial charge in [0.25, 0.3) is 5.91 Å². The molecule has 26 heavy (non-hydrogen) atoms. The van der Waals surface area contributed by atoms with E-state index in [4.69, 9.17) is 9.16 Å². The van der Waals surface area contributed by atoms with Crippen LogP contribution in [0.25, 0.3) is 0 Å². The largest absolute Gasteiger partial charge is 0.467 e. The summed E-state index contributed by atoms with van der Waals surface area (Å²) in [4.78, 5) is 30.7. The van der Waals surface area contributed by atoms with Crippen LogP contribution < -0.4 is 0 Å². The van der Waals surface area contributed by atoms with E-state index in [0.717, 1.165) is 5.56 Å². The third-order valence-electron chi connectivity index (χ3n) is 5.55. The number of nitrogens with zero attached hydrogens (tertiary/aromatic N) is 2. The Morgan fingerprint density at radius 1 is 1.35 bits per heavy atom. The van der Waals surface area contributed by atoms with Gasteiger partial charge in [-0.25, -0.2) is 4.79 Å². The highest BCUT2D eigenvalue weighted by Crippen LogP contribution is 2.37. The first-order valence-electron chi connectivity index (χ1n) is 8.96. The SMILES string of the molecule is COC(=O)[C@H]1[C@H](C)CN1C(=O)c1ncccc1CO[Si](C)(C)C(C)(C)C. The van der Waals surface area contributed by atoms with Crippen molar-refractivity contribution in [3.63, 3.8) is 0 Å². The van der Waals surface area contributed by atoms with Gasteiger partial charge in [0.15, 0.2) is 8.32 Å². The molecular formula is C19H30N2O4Si. The van der Waals surface area contributed by atoms with Crippen LogP contribution in [-0.2, 0) is 20.6 Å². The first-order chi connectivity index (χ1) is 12.0. The number of esters is 1. The number of likely N-dealkylation sites (tertiary alicyclic amines) is 1. The molecule has 1 aromatic rings. The Labute approximate surface area is 157 Å². The Hall–Kier alpha value is -1.73. The predicted molar refractivity (Wildman–Crippen MR) is 102 cm³/mol. The number of amides is 1. The lowest BCUT2D eigenvalue weighted by Gasteiger charge is -2.44. The summed E-state index contributed by atoms with van der Waals surface area (Å²) >= 11 is 0. The van der Waals surface area contributed by atoms with Crippen molar-refractivity contribution in [2.45, 2.75) is 58.5 Å². The zero-order valence-corrected chi connectivity index (χ0v) is 17.8. The Balaban J connectivity index is 2.19. The van der Waals surface area contributed by atoms with Gasteiger partial charge >= 0.3 is 5.97 Å². The van der Waals surface area contributed by atoms with Gasteiger partial charge in [-0.05, 0) is 24.2 Å². The van der Waals surface area contributed by atoms with Crippen LogP contribution in [0.4, 0.5) is 0 Å². The number of rotatable bonds is 5. The number of methoxy groups -OCH3 is 1. The molecule has 1 saturated heterocycles. The third-order valence-corrected chi connectivity index (χ3v) is 10.0. The number of carbonyl (C=O) groups excluding carboxylic acids is 2. The van der Waals surface area contributed by atoms with Crippen molar-refractivity contribution in [1.29, 1.82) is 0 Å². The molecule has 0 saturated carbocycles. The number of carbonyl (C=O) groups is 2. The van der Waals surface area contributed by atoms with Gasteiger partial charge < -0.3 is 14.1 Å². The summed E-state index contributed by atoms with van der Waals surface area (Å²) in [5.74, 6) is -0.540. The molecule has 0 N–H and O–H groups in total. The molecule has 2 heterocycles. The summed E-state index contributed by atoms with van der Waals surface area (Å²) in [5, 5.41) is 0.0856. The lowest BCUT2D eigenvalue weighted by molar-refractivity contribution is -0.153. The summed E-state index contributed by atoms with van der Waals surface area (Å²) in [5.41, 5.74) is 1.11. The zero-order chi connectivity index (χ0) is 19.7. The van der Waals surface area contributed by atoms with Crippen molar-refractivity contribution in [2.24, 2.45) is 5.92 Å². The molecular weight excluding hydrogens is 348 g/mol. The van der Waals surface area contributed by atoms with Crippen molar-refractivity contribution in [2.75, 3.05) is 13.7 Å². The maximum atomic E-state index is 13.0. The molecule has 0 aliphatic carbocycles. The van der Waals surface area contributed by atoms with Crippen molar-refractivity contribution < 1.29 is 18.8 Å². The molecule has 0 aromatic carbocycles. The van der Waals surface area contributed by atoms with E-state index in [2.05, 4.69) is 38.8 Å². The van der Waals surface area contributed by atoms with E-state index < -0.39 is 14.4 Å². The molecule has 2 atom stereocenters. The molecule has 2 rings (SSSR count). The Bertz CT molecular complexity index is 684. The van der Waals surface area contributed by atoms with E-state index >= 15 is 0 Å². The minimum atomic E-state index is -1.94. The van der Waals surface area contributed by atoms with Crippen LogP contribution in [0.1, 0.15) is 43.7 Å².